The molecule has 0 aliphatic carbocycles. The lowest BCUT2D eigenvalue weighted by molar-refractivity contribution is -0.140. The third-order valence-electron chi connectivity index (χ3n) is 5.53. The van der Waals surface area contributed by atoms with E-state index in [9.17, 15) is 9.59 Å². The van der Waals surface area contributed by atoms with Gasteiger partial charge in [-0.15, -0.1) is 0 Å². The molecule has 0 aliphatic heterocycles. The van der Waals surface area contributed by atoms with E-state index in [4.69, 9.17) is 21.5 Å². The number of hydrogen-bond acceptors (Lipinski definition) is 5. The van der Waals surface area contributed by atoms with Gasteiger partial charge in [0.2, 0.25) is 5.91 Å². The molecule has 0 bridgehead atoms. The summed E-state index contributed by atoms with van der Waals surface area (Å²) in [5, 5.41) is 12.4. The van der Waals surface area contributed by atoms with Crippen molar-refractivity contribution in [1.82, 2.24) is 10.5 Å². The number of amides is 2. The molecular formula is C27H30ClN3O4. The zero-order valence-corrected chi connectivity index (χ0v) is 21.0. The second-order valence-corrected chi connectivity index (χ2v) is 10.3. The van der Waals surface area contributed by atoms with E-state index in [1.807, 2.05) is 32.0 Å². The fourth-order valence-corrected chi connectivity index (χ4v) is 4.22. The fraction of sp³-hybridized carbons (Fsp3) is 0.296. The van der Waals surface area contributed by atoms with E-state index in [1.54, 1.807) is 68.0 Å². The average molecular weight is 496 g/mol. The first-order valence-corrected chi connectivity index (χ1v) is 11.6. The maximum absolute atomic E-state index is 12.9. The first-order chi connectivity index (χ1) is 16.5. The Bertz CT molecular complexity index is 1200. The summed E-state index contributed by atoms with van der Waals surface area (Å²) in [5.41, 5.74) is 3.06. The van der Waals surface area contributed by atoms with Crippen molar-refractivity contribution in [1.29, 1.82) is 0 Å². The second kappa shape index (κ2) is 10.9. The Morgan fingerprint density at radius 2 is 1.80 bits per heavy atom. The van der Waals surface area contributed by atoms with Crippen LogP contribution in [0.4, 0.5) is 5.69 Å². The Morgan fingerprint density at radius 1 is 1.03 bits per heavy atom. The number of anilines is 1. The Kier molecular flexibility index (Phi) is 8.14. The molecule has 0 aliphatic rings. The van der Waals surface area contributed by atoms with Crippen LogP contribution < -0.4 is 15.5 Å². The molecule has 35 heavy (non-hydrogen) atoms. The minimum absolute atomic E-state index is 0.287. The van der Waals surface area contributed by atoms with Gasteiger partial charge in [0.25, 0.3) is 5.91 Å². The lowest BCUT2D eigenvalue weighted by atomic mass is 9.75. The summed E-state index contributed by atoms with van der Waals surface area (Å²) in [4.78, 5) is 29.2. The number of carbonyl (C=O) groups excluding carboxylic acids is 2. The molecule has 0 spiro atoms. The van der Waals surface area contributed by atoms with Crippen molar-refractivity contribution in [2.45, 2.75) is 34.1 Å². The lowest BCUT2D eigenvalue weighted by Crippen LogP contribution is -2.39. The highest BCUT2D eigenvalue weighted by Gasteiger charge is 2.35. The van der Waals surface area contributed by atoms with Gasteiger partial charge in [-0.05, 0) is 60.4 Å². The predicted octanol–water partition coefficient (Wildman–Crippen LogP) is 5.98. The summed E-state index contributed by atoms with van der Waals surface area (Å²) in [6, 6.07) is 17.7. The SMILES string of the molecule is CC(C)(COc1cccc(C(=O)Nc2ccc(Cl)c(-c3ccccn3)c2)c1)CC(C)(C)C(=O)NO. The van der Waals surface area contributed by atoms with Crippen LogP contribution in [0.3, 0.4) is 0 Å². The summed E-state index contributed by atoms with van der Waals surface area (Å²) in [6.45, 7) is 7.82. The highest BCUT2D eigenvalue weighted by Crippen LogP contribution is 2.34. The molecule has 3 N–H and O–H groups in total. The van der Waals surface area contributed by atoms with Gasteiger partial charge in [-0.25, -0.2) is 5.48 Å². The molecule has 0 atom stereocenters. The van der Waals surface area contributed by atoms with Crippen molar-refractivity contribution in [3.8, 4) is 17.0 Å². The van der Waals surface area contributed by atoms with Crippen LogP contribution in [0.2, 0.25) is 5.02 Å². The number of benzene rings is 2. The van der Waals surface area contributed by atoms with Crippen LogP contribution in [0, 0.1) is 10.8 Å². The van der Waals surface area contributed by atoms with Gasteiger partial charge in [0, 0.05) is 28.4 Å². The molecule has 3 rings (SSSR count). The van der Waals surface area contributed by atoms with Crippen LogP contribution in [-0.2, 0) is 4.79 Å². The van der Waals surface area contributed by atoms with Gasteiger partial charge in [-0.3, -0.25) is 19.8 Å². The van der Waals surface area contributed by atoms with Crippen molar-refractivity contribution in [2.75, 3.05) is 11.9 Å². The Balaban J connectivity index is 1.68. The van der Waals surface area contributed by atoms with Gasteiger partial charge < -0.3 is 10.1 Å². The summed E-state index contributed by atoms with van der Waals surface area (Å²) < 4.78 is 5.96. The Labute approximate surface area is 210 Å². The molecule has 1 heterocycles. The summed E-state index contributed by atoms with van der Waals surface area (Å²) in [7, 11) is 0. The van der Waals surface area contributed by atoms with Crippen molar-refractivity contribution in [2.24, 2.45) is 10.8 Å². The van der Waals surface area contributed by atoms with Crippen molar-refractivity contribution in [3.05, 3.63) is 77.4 Å². The smallest absolute Gasteiger partial charge is 0.255 e. The third-order valence-corrected chi connectivity index (χ3v) is 5.86. The molecule has 8 heteroatoms. The average Bonchev–Trinajstić information content (AvgIpc) is 2.83. The summed E-state index contributed by atoms with van der Waals surface area (Å²) in [6.07, 6.45) is 2.17. The molecule has 3 aromatic rings. The van der Waals surface area contributed by atoms with Crippen molar-refractivity contribution < 1.29 is 19.5 Å². The van der Waals surface area contributed by atoms with Gasteiger partial charge in [0.15, 0.2) is 0 Å². The van der Waals surface area contributed by atoms with E-state index in [-0.39, 0.29) is 11.3 Å². The molecule has 184 valence electrons. The standard InChI is InChI=1S/C27H30ClN3O4/c1-26(2,16-27(3,4)25(33)31-34)17-35-20-9-7-8-18(14-20)24(32)30-19-11-12-22(28)21(15-19)23-10-5-6-13-29-23/h5-15,34H,16-17H2,1-4H3,(H,30,32)(H,31,33). The van der Waals surface area contributed by atoms with Gasteiger partial charge in [0.05, 0.1) is 17.3 Å². The molecule has 0 radical (unpaired) electrons. The first kappa shape index (κ1) is 26.2. The molecule has 0 saturated heterocycles. The van der Waals surface area contributed by atoms with Crippen LogP contribution in [0.25, 0.3) is 11.3 Å². The zero-order chi connectivity index (χ0) is 25.6. The van der Waals surface area contributed by atoms with Gasteiger partial charge in [-0.2, -0.15) is 0 Å². The van der Waals surface area contributed by atoms with Crippen LogP contribution in [-0.4, -0.2) is 28.6 Å². The monoisotopic (exact) mass is 495 g/mol. The minimum Gasteiger partial charge on any atom is -0.493 e. The Hall–Kier alpha value is -3.42. The van der Waals surface area contributed by atoms with E-state index in [0.29, 0.717) is 40.7 Å². The van der Waals surface area contributed by atoms with Crippen molar-refractivity contribution in [3.63, 3.8) is 0 Å². The summed E-state index contributed by atoms with van der Waals surface area (Å²) in [5.74, 6) is -0.192. The third kappa shape index (κ3) is 7.04. The highest BCUT2D eigenvalue weighted by molar-refractivity contribution is 6.33. The quantitative estimate of drug-likeness (QED) is 0.250. The minimum atomic E-state index is -0.768. The highest BCUT2D eigenvalue weighted by atomic mass is 35.5. The summed E-state index contributed by atoms with van der Waals surface area (Å²) >= 11 is 6.34. The molecular weight excluding hydrogens is 466 g/mol. The van der Waals surface area contributed by atoms with Gasteiger partial charge >= 0.3 is 0 Å². The van der Waals surface area contributed by atoms with Crippen LogP contribution in [0.15, 0.2) is 66.9 Å². The normalized spacial score (nSPS) is 11.6. The topological polar surface area (TPSA) is 101 Å². The number of rotatable bonds is 9. The molecule has 0 fully saturated rings. The molecule has 2 amide bonds. The number of carbonyl (C=O) groups is 2. The molecule has 7 nitrogen and oxygen atoms in total. The van der Waals surface area contributed by atoms with E-state index < -0.39 is 11.3 Å². The van der Waals surface area contributed by atoms with Gasteiger partial charge in [-0.1, -0.05) is 51.4 Å². The number of halogens is 1. The van der Waals surface area contributed by atoms with Crippen molar-refractivity contribution >= 4 is 29.1 Å². The largest absolute Gasteiger partial charge is 0.493 e. The Morgan fingerprint density at radius 3 is 2.49 bits per heavy atom. The maximum Gasteiger partial charge on any atom is 0.255 e. The van der Waals surface area contributed by atoms with Gasteiger partial charge in [0.1, 0.15) is 5.75 Å². The fourth-order valence-electron chi connectivity index (χ4n) is 4.01. The van der Waals surface area contributed by atoms with E-state index >= 15 is 0 Å². The van der Waals surface area contributed by atoms with E-state index in [1.165, 1.54) is 0 Å². The van der Waals surface area contributed by atoms with Crippen LogP contribution >= 0.6 is 11.6 Å². The zero-order valence-electron chi connectivity index (χ0n) is 20.3. The maximum atomic E-state index is 12.9. The number of nitrogens with one attached hydrogen (secondary N) is 2. The number of ether oxygens (including phenoxy) is 1. The second-order valence-electron chi connectivity index (χ2n) is 9.85. The molecule has 2 aromatic carbocycles. The number of pyridine rings is 1. The van der Waals surface area contributed by atoms with Crippen LogP contribution in [0.1, 0.15) is 44.5 Å². The number of hydroxylamine groups is 1. The van der Waals surface area contributed by atoms with E-state index in [2.05, 4.69) is 10.3 Å². The number of aromatic nitrogens is 1. The predicted molar refractivity (Wildman–Crippen MR) is 137 cm³/mol. The number of hydrogen-bond donors (Lipinski definition) is 3. The van der Waals surface area contributed by atoms with Crippen LogP contribution in [0.5, 0.6) is 5.75 Å². The van der Waals surface area contributed by atoms with E-state index in [0.717, 1.165) is 5.56 Å². The molecule has 0 saturated carbocycles. The number of nitrogens with zero attached hydrogens (tertiary/aromatic N) is 1. The molecule has 1 aromatic heterocycles. The molecule has 0 unspecified atom stereocenters. The first-order valence-electron chi connectivity index (χ1n) is 11.2. The lowest BCUT2D eigenvalue weighted by Gasteiger charge is -2.33.